The largest absolute Gasteiger partial charge is 0.396 e. The first kappa shape index (κ1) is 12.2. The van der Waals surface area contributed by atoms with Crippen LogP contribution in [0, 0.1) is 0 Å². The maximum Gasteiger partial charge on any atom is 0.131 e. The summed E-state index contributed by atoms with van der Waals surface area (Å²) < 4.78 is 0. The van der Waals surface area contributed by atoms with E-state index in [4.69, 9.17) is 5.11 Å². The molecule has 4 heteroatoms. The number of aromatic nitrogens is 1. The summed E-state index contributed by atoms with van der Waals surface area (Å²) in [6.45, 7) is 1.14. The van der Waals surface area contributed by atoms with Crippen LogP contribution in [-0.4, -0.2) is 36.3 Å². The highest BCUT2D eigenvalue weighted by Gasteiger charge is 2.25. The Morgan fingerprint density at radius 2 is 2.29 bits per heavy atom. The number of rotatable bonds is 6. The van der Waals surface area contributed by atoms with Crippen LogP contribution in [0.5, 0.6) is 0 Å². The van der Waals surface area contributed by atoms with Gasteiger partial charge in [-0.05, 0) is 37.8 Å². The molecule has 1 saturated carbocycles. The van der Waals surface area contributed by atoms with Crippen molar-refractivity contribution in [1.29, 1.82) is 0 Å². The molecule has 2 rings (SSSR count). The predicted octanol–water partition coefficient (Wildman–Crippen LogP) is 1.86. The number of aliphatic hydroxyl groups is 1. The standard InChI is InChI=1S/C13H21N3O/c1-14-12-7-3-8-13(15-12)16(9-4-10-17)11-5-2-6-11/h3,7-8,11,17H,2,4-6,9-10H2,1H3,(H,14,15). The number of hydrogen-bond acceptors (Lipinski definition) is 4. The highest BCUT2D eigenvalue weighted by Crippen LogP contribution is 2.29. The van der Waals surface area contributed by atoms with Crippen molar-refractivity contribution in [3.8, 4) is 0 Å². The summed E-state index contributed by atoms with van der Waals surface area (Å²) in [6.07, 6.45) is 4.61. The third kappa shape index (κ3) is 2.88. The minimum atomic E-state index is 0.245. The molecule has 17 heavy (non-hydrogen) atoms. The van der Waals surface area contributed by atoms with Crippen LogP contribution in [-0.2, 0) is 0 Å². The average Bonchev–Trinajstić information content (AvgIpc) is 2.32. The first-order chi connectivity index (χ1) is 8.35. The SMILES string of the molecule is CNc1cccc(N(CCCO)C2CCC2)n1. The van der Waals surface area contributed by atoms with Gasteiger partial charge < -0.3 is 15.3 Å². The van der Waals surface area contributed by atoms with Crippen molar-refractivity contribution in [2.24, 2.45) is 0 Å². The summed E-state index contributed by atoms with van der Waals surface area (Å²) in [5.74, 6) is 1.92. The van der Waals surface area contributed by atoms with Crippen molar-refractivity contribution < 1.29 is 5.11 Å². The first-order valence-electron chi connectivity index (χ1n) is 6.37. The Bertz CT molecular complexity index is 352. The summed E-state index contributed by atoms with van der Waals surface area (Å²) in [5.41, 5.74) is 0. The van der Waals surface area contributed by atoms with Gasteiger partial charge in [-0.2, -0.15) is 0 Å². The summed E-state index contributed by atoms with van der Waals surface area (Å²) in [5, 5.41) is 12.0. The van der Waals surface area contributed by atoms with Gasteiger partial charge in [-0.25, -0.2) is 4.98 Å². The molecule has 0 radical (unpaired) electrons. The summed E-state index contributed by atoms with van der Waals surface area (Å²) in [7, 11) is 1.88. The summed E-state index contributed by atoms with van der Waals surface area (Å²) in [4.78, 5) is 6.91. The smallest absolute Gasteiger partial charge is 0.131 e. The van der Waals surface area contributed by atoms with Gasteiger partial charge in [0.25, 0.3) is 0 Å². The lowest BCUT2D eigenvalue weighted by atomic mass is 9.91. The highest BCUT2D eigenvalue weighted by molar-refractivity contribution is 5.47. The molecule has 4 nitrogen and oxygen atoms in total. The van der Waals surface area contributed by atoms with E-state index in [1.807, 2.05) is 19.2 Å². The van der Waals surface area contributed by atoms with E-state index in [0.717, 1.165) is 24.6 Å². The molecule has 0 unspecified atom stereocenters. The predicted molar refractivity (Wildman–Crippen MR) is 70.5 cm³/mol. The third-order valence-electron chi connectivity index (χ3n) is 3.36. The van der Waals surface area contributed by atoms with E-state index in [1.165, 1.54) is 19.3 Å². The van der Waals surface area contributed by atoms with E-state index in [0.29, 0.717) is 6.04 Å². The van der Waals surface area contributed by atoms with Gasteiger partial charge in [0.1, 0.15) is 11.6 Å². The number of aliphatic hydroxyl groups excluding tert-OH is 1. The van der Waals surface area contributed by atoms with E-state index < -0.39 is 0 Å². The van der Waals surface area contributed by atoms with Crippen LogP contribution in [0.3, 0.4) is 0 Å². The van der Waals surface area contributed by atoms with Gasteiger partial charge in [-0.15, -0.1) is 0 Å². The number of anilines is 2. The molecule has 1 fully saturated rings. The molecule has 0 aliphatic heterocycles. The molecule has 0 aromatic carbocycles. The van der Waals surface area contributed by atoms with Gasteiger partial charge in [0.2, 0.25) is 0 Å². The van der Waals surface area contributed by atoms with Crippen molar-refractivity contribution >= 4 is 11.6 Å². The summed E-state index contributed by atoms with van der Waals surface area (Å²) in [6, 6.07) is 6.66. The highest BCUT2D eigenvalue weighted by atomic mass is 16.3. The Labute approximate surface area is 103 Å². The fourth-order valence-corrected chi connectivity index (χ4v) is 2.15. The third-order valence-corrected chi connectivity index (χ3v) is 3.36. The minimum Gasteiger partial charge on any atom is -0.396 e. The topological polar surface area (TPSA) is 48.4 Å². The van der Waals surface area contributed by atoms with Crippen LogP contribution in [0.4, 0.5) is 11.6 Å². The average molecular weight is 235 g/mol. The Balaban J connectivity index is 2.11. The van der Waals surface area contributed by atoms with Crippen molar-refractivity contribution in [3.05, 3.63) is 18.2 Å². The number of nitrogens with one attached hydrogen (secondary N) is 1. The van der Waals surface area contributed by atoms with Gasteiger partial charge >= 0.3 is 0 Å². The lowest BCUT2D eigenvalue weighted by Gasteiger charge is -2.38. The normalized spacial score (nSPS) is 15.4. The Kier molecular flexibility index (Phi) is 4.20. The van der Waals surface area contributed by atoms with Crippen molar-refractivity contribution in [2.45, 2.75) is 31.7 Å². The van der Waals surface area contributed by atoms with E-state index in [-0.39, 0.29) is 6.61 Å². The molecule has 0 amide bonds. The van der Waals surface area contributed by atoms with Gasteiger partial charge in [-0.1, -0.05) is 6.07 Å². The maximum atomic E-state index is 8.98. The molecule has 2 N–H and O–H groups in total. The Morgan fingerprint density at radius 3 is 2.88 bits per heavy atom. The van der Waals surface area contributed by atoms with Crippen molar-refractivity contribution in [3.63, 3.8) is 0 Å². The monoisotopic (exact) mass is 235 g/mol. The molecule has 94 valence electrons. The zero-order valence-corrected chi connectivity index (χ0v) is 10.4. The number of nitrogens with zero attached hydrogens (tertiary/aromatic N) is 2. The Hall–Kier alpha value is -1.29. The van der Waals surface area contributed by atoms with E-state index >= 15 is 0 Å². The first-order valence-corrected chi connectivity index (χ1v) is 6.37. The molecule has 1 aromatic rings. The molecule has 0 atom stereocenters. The summed E-state index contributed by atoms with van der Waals surface area (Å²) >= 11 is 0. The van der Waals surface area contributed by atoms with Crippen LogP contribution >= 0.6 is 0 Å². The molecule has 1 heterocycles. The van der Waals surface area contributed by atoms with E-state index in [1.54, 1.807) is 0 Å². The van der Waals surface area contributed by atoms with Crippen molar-refractivity contribution in [2.75, 3.05) is 30.4 Å². The quantitative estimate of drug-likeness (QED) is 0.790. The lowest BCUT2D eigenvalue weighted by molar-refractivity contribution is 0.282. The molecule has 1 aromatic heterocycles. The zero-order valence-electron chi connectivity index (χ0n) is 10.4. The van der Waals surface area contributed by atoms with Crippen LogP contribution in [0.25, 0.3) is 0 Å². The van der Waals surface area contributed by atoms with Crippen LogP contribution in [0.1, 0.15) is 25.7 Å². The van der Waals surface area contributed by atoms with Crippen LogP contribution in [0.15, 0.2) is 18.2 Å². The fourth-order valence-electron chi connectivity index (χ4n) is 2.15. The number of hydrogen-bond donors (Lipinski definition) is 2. The van der Waals surface area contributed by atoms with Crippen molar-refractivity contribution in [1.82, 2.24) is 4.98 Å². The van der Waals surface area contributed by atoms with E-state index in [9.17, 15) is 0 Å². The van der Waals surface area contributed by atoms with Gasteiger partial charge in [0.15, 0.2) is 0 Å². The van der Waals surface area contributed by atoms with E-state index in [2.05, 4.69) is 21.3 Å². The molecule has 0 saturated heterocycles. The molecular formula is C13H21N3O. The second-order valence-electron chi connectivity index (χ2n) is 4.49. The second-order valence-corrected chi connectivity index (χ2v) is 4.49. The van der Waals surface area contributed by atoms with Crippen LogP contribution in [0.2, 0.25) is 0 Å². The molecule has 1 aliphatic carbocycles. The van der Waals surface area contributed by atoms with Crippen LogP contribution < -0.4 is 10.2 Å². The van der Waals surface area contributed by atoms with Gasteiger partial charge in [0.05, 0.1) is 0 Å². The second kappa shape index (κ2) is 5.87. The molecular weight excluding hydrogens is 214 g/mol. The zero-order chi connectivity index (χ0) is 12.1. The molecule has 0 spiro atoms. The lowest BCUT2D eigenvalue weighted by Crippen LogP contribution is -2.41. The number of pyridine rings is 1. The minimum absolute atomic E-state index is 0.245. The fraction of sp³-hybridized carbons (Fsp3) is 0.615. The maximum absolute atomic E-state index is 8.98. The molecule has 0 bridgehead atoms. The van der Waals surface area contributed by atoms with Gasteiger partial charge in [0, 0.05) is 26.2 Å². The van der Waals surface area contributed by atoms with Gasteiger partial charge in [-0.3, -0.25) is 0 Å². The molecule has 1 aliphatic rings. The Morgan fingerprint density at radius 1 is 1.47 bits per heavy atom.